The van der Waals surface area contributed by atoms with E-state index < -0.39 is 0 Å². The number of ether oxygens (including phenoxy) is 1. The molecule has 1 heteroatoms. The minimum absolute atomic E-state index is 0.297. The van der Waals surface area contributed by atoms with Gasteiger partial charge in [0.1, 0.15) is 12.2 Å². The molecule has 1 aliphatic rings. The molecule has 2 atom stereocenters. The molecule has 0 radical (unpaired) electrons. The normalized spacial score (nSPS) is 25.9. The van der Waals surface area contributed by atoms with E-state index in [1.807, 2.05) is 6.07 Å². The van der Waals surface area contributed by atoms with E-state index in [-0.39, 0.29) is 0 Å². The molecule has 1 aromatic carbocycles. The fraction of sp³-hybridized carbons (Fsp3) is 0.385. The molecule has 74 valence electrons. The molecule has 0 N–H and O–H groups in total. The lowest BCUT2D eigenvalue weighted by Gasteiger charge is -1.93. The summed E-state index contributed by atoms with van der Waals surface area (Å²) in [6, 6.07) is 10.4. The average Bonchev–Trinajstić information content (AvgIpc) is 2.95. The van der Waals surface area contributed by atoms with Gasteiger partial charge in [0.15, 0.2) is 0 Å². The van der Waals surface area contributed by atoms with Crippen molar-refractivity contribution < 1.29 is 4.74 Å². The molecule has 0 unspecified atom stereocenters. The Morgan fingerprint density at radius 3 is 2.57 bits per heavy atom. The Labute approximate surface area is 85.4 Å². The smallest absolute Gasteiger partial charge is 0.113 e. The Kier molecular flexibility index (Phi) is 2.69. The first kappa shape index (κ1) is 9.47. The SMILES string of the molecule is CC(C)/C=C/[C@H]1O[C@@H]1c1ccccc1. The molecule has 1 saturated heterocycles. The van der Waals surface area contributed by atoms with Crippen molar-refractivity contribution in [1.82, 2.24) is 0 Å². The van der Waals surface area contributed by atoms with Crippen LogP contribution in [0, 0.1) is 5.92 Å². The van der Waals surface area contributed by atoms with Gasteiger partial charge >= 0.3 is 0 Å². The molecule has 1 fully saturated rings. The van der Waals surface area contributed by atoms with E-state index in [0.717, 1.165) is 0 Å². The molecule has 0 aromatic heterocycles. The maximum absolute atomic E-state index is 5.57. The summed E-state index contributed by atoms with van der Waals surface area (Å²) in [5.41, 5.74) is 1.28. The van der Waals surface area contributed by atoms with E-state index in [2.05, 4.69) is 50.3 Å². The van der Waals surface area contributed by atoms with Crippen LogP contribution in [-0.2, 0) is 4.74 Å². The van der Waals surface area contributed by atoms with Crippen molar-refractivity contribution in [2.45, 2.75) is 26.1 Å². The first-order chi connectivity index (χ1) is 6.77. The number of rotatable bonds is 3. The van der Waals surface area contributed by atoms with Gasteiger partial charge in [0.2, 0.25) is 0 Å². The molecule has 0 saturated carbocycles. The van der Waals surface area contributed by atoms with Crippen molar-refractivity contribution in [3.63, 3.8) is 0 Å². The summed E-state index contributed by atoms with van der Waals surface area (Å²) in [7, 11) is 0. The average molecular weight is 188 g/mol. The van der Waals surface area contributed by atoms with Crippen molar-refractivity contribution in [3.05, 3.63) is 48.0 Å². The second-order valence-electron chi connectivity index (χ2n) is 4.06. The summed E-state index contributed by atoms with van der Waals surface area (Å²) in [4.78, 5) is 0. The van der Waals surface area contributed by atoms with Crippen LogP contribution in [0.1, 0.15) is 25.5 Å². The zero-order chi connectivity index (χ0) is 9.97. The fourth-order valence-corrected chi connectivity index (χ4v) is 1.51. The number of hydrogen-bond acceptors (Lipinski definition) is 1. The zero-order valence-corrected chi connectivity index (χ0v) is 8.68. The third-order valence-corrected chi connectivity index (χ3v) is 2.34. The van der Waals surface area contributed by atoms with Crippen molar-refractivity contribution >= 4 is 0 Å². The van der Waals surface area contributed by atoms with Gasteiger partial charge in [-0.1, -0.05) is 56.3 Å². The van der Waals surface area contributed by atoms with E-state index in [0.29, 0.717) is 18.1 Å². The minimum Gasteiger partial charge on any atom is -0.360 e. The predicted molar refractivity (Wildman–Crippen MR) is 58.0 cm³/mol. The lowest BCUT2D eigenvalue weighted by Crippen LogP contribution is -1.85. The van der Waals surface area contributed by atoms with Crippen LogP contribution in [0.5, 0.6) is 0 Å². The Bertz CT molecular complexity index is 313. The van der Waals surface area contributed by atoms with Gasteiger partial charge in [0.25, 0.3) is 0 Å². The Hall–Kier alpha value is -1.08. The predicted octanol–water partition coefficient (Wildman–Crippen LogP) is 3.34. The van der Waals surface area contributed by atoms with Crippen molar-refractivity contribution in [2.75, 3.05) is 0 Å². The van der Waals surface area contributed by atoms with Gasteiger partial charge in [-0.15, -0.1) is 0 Å². The summed E-state index contributed by atoms with van der Waals surface area (Å²) in [5, 5.41) is 0. The Morgan fingerprint density at radius 2 is 1.93 bits per heavy atom. The van der Waals surface area contributed by atoms with Crippen LogP contribution >= 0.6 is 0 Å². The molecule has 0 bridgehead atoms. The van der Waals surface area contributed by atoms with E-state index >= 15 is 0 Å². The summed E-state index contributed by atoms with van der Waals surface area (Å²) in [6.07, 6.45) is 4.97. The molecule has 0 spiro atoms. The summed E-state index contributed by atoms with van der Waals surface area (Å²) in [6.45, 7) is 4.35. The van der Waals surface area contributed by atoms with Crippen LogP contribution < -0.4 is 0 Å². The van der Waals surface area contributed by atoms with Gasteiger partial charge in [0, 0.05) is 0 Å². The summed E-state index contributed by atoms with van der Waals surface area (Å²) >= 11 is 0. The highest BCUT2D eigenvalue weighted by Gasteiger charge is 2.37. The molecule has 1 heterocycles. The lowest BCUT2D eigenvalue weighted by molar-refractivity contribution is 0.393. The maximum Gasteiger partial charge on any atom is 0.113 e. The first-order valence-electron chi connectivity index (χ1n) is 5.16. The molecule has 14 heavy (non-hydrogen) atoms. The van der Waals surface area contributed by atoms with Crippen LogP contribution in [-0.4, -0.2) is 6.10 Å². The molecule has 2 rings (SSSR count). The van der Waals surface area contributed by atoms with Gasteiger partial charge in [-0.3, -0.25) is 0 Å². The van der Waals surface area contributed by atoms with Crippen molar-refractivity contribution in [3.8, 4) is 0 Å². The second kappa shape index (κ2) is 3.97. The van der Waals surface area contributed by atoms with Gasteiger partial charge in [-0.2, -0.15) is 0 Å². The third kappa shape index (κ3) is 2.24. The molecule has 1 nitrogen and oxygen atoms in total. The van der Waals surface area contributed by atoms with Gasteiger partial charge in [-0.25, -0.2) is 0 Å². The van der Waals surface area contributed by atoms with Crippen LogP contribution in [0.15, 0.2) is 42.5 Å². The van der Waals surface area contributed by atoms with E-state index in [4.69, 9.17) is 4.74 Å². The third-order valence-electron chi connectivity index (χ3n) is 2.34. The summed E-state index contributed by atoms with van der Waals surface area (Å²) < 4.78 is 5.57. The number of allylic oxidation sites excluding steroid dienone is 1. The molecule has 0 aliphatic carbocycles. The van der Waals surface area contributed by atoms with Gasteiger partial charge in [0.05, 0.1) is 0 Å². The molecule has 1 aliphatic heterocycles. The highest BCUT2D eigenvalue weighted by atomic mass is 16.6. The standard InChI is InChI=1S/C13H16O/c1-10(2)8-9-12-13(14-12)11-6-4-3-5-7-11/h3-10,12-13H,1-2H3/b9-8+/t12-,13-/m1/s1. The molecule has 0 amide bonds. The Balaban J connectivity index is 1.94. The monoisotopic (exact) mass is 188 g/mol. The summed E-state index contributed by atoms with van der Waals surface area (Å²) in [5.74, 6) is 0.607. The first-order valence-corrected chi connectivity index (χ1v) is 5.16. The minimum atomic E-state index is 0.297. The fourth-order valence-electron chi connectivity index (χ4n) is 1.51. The highest BCUT2D eigenvalue weighted by Crippen LogP contribution is 2.39. The van der Waals surface area contributed by atoms with Crippen molar-refractivity contribution in [2.24, 2.45) is 5.92 Å². The number of hydrogen-bond donors (Lipinski definition) is 0. The topological polar surface area (TPSA) is 12.5 Å². The molecule has 1 aromatic rings. The molecular formula is C13H16O. The van der Waals surface area contributed by atoms with Crippen LogP contribution in [0.25, 0.3) is 0 Å². The number of epoxide rings is 1. The second-order valence-corrected chi connectivity index (χ2v) is 4.06. The zero-order valence-electron chi connectivity index (χ0n) is 8.68. The highest BCUT2D eigenvalue weighted by molar-refractivity contribution is 5.24. The van der Waals surface area contributed by atoms with Gasteiger partial charge < -0.3 is 4.74 Å². The molecular weight excluding hydrogens is 172 g/mol. The van der Waals surface area contributed by atoms with Crippen molar-refractivity contribution in [1.29, 1.82) is 0 Å². The van der Waals surface area contributed by atoms with E-state index in [1.54, 1.807) is 0 Å². The van der Waals surface area contributed by atoms with E-state index in [9.17, 15) is 0 Å². The van der Waals surface area contributed by atoms with E-state index in [1.165, 1.54) is 5.56 Å². The Morgan fingerprint density at radius 1 is 1.21 bits per heavy atom. The maximum atomic E-state index is 5.57. The van der Waals surface area contributed by atoms with Crippen LogP contribution in [0.3, 0.4) is 0 Å². The van der Waals surface area contributed by atoms with Crippen LogP contribution in [0.4, 0.5) is 0 Å². The lowest BCUT2D eigenvalue weighted by atomic mass is 10.1. The van der Waals surface area contributed by atoms with Gasteiger partial charge in [-0.05, 0) is 11.5 Å². The largest absolute Gasteiger partial charge is 0.360 e. The van der Waals surface area contributed by atoms with Crippen LogP contribution in [0.2, 0.25) is 0 Å². The quantitative estimate of drug-likeness (QED) is 0.523. The number of benzene rings is 1.